The number of furan rings is 1. The molecule has 0 fully saturated rings. The molecule has 0 amide bonds. The molecule has 0 aliphatic carbocycles. The molecule has 0 bridgehead atoms. The molecule has 0 saturated heterocycles. The van der Waals surface area contributed by atoms with Crippen LogP contribution in [-0.2, 0) is 0 Å². The maximum absolute atomic E-state index is 6.13. The molecule has 226 valence electrons. The van der Waals surface area contributed by atoms with Crippen molar-refractivity contribution in [2.75, 3.05) is 4.90 Å². The van der Waals surface area contributed by atoms with Crippen molar-refractivity contribution in [2.45, 2.75) is 0 Å². The summed E-state index contributed by atoms with van der Waals surface area (Å²) in [4.78, 5) is 7.44. The summed E-state index contributed by atoms with van der Waals surface area (Å²) in [5.41, 5.74) is 9.75. The number of nitrogens with zero attached hydrogens (tertiary/aromatic N) is 2. The Balaban J connectivity index is 1.04. The number of hydrogen-bond acceptors (Lipinski definition) is 5. The molecule has 3 nitrogen and oxygen atoms in total. The van der Waals surface area contributed by atoms with Crippen LogP contribution in [0, 0.1) is 0 Å². The first-order valence-electron chi connectivity index (χ1n) is 15.9. The zero-order valence-electron chi connectivity index (χ0n) is 25.6. The highest BCUT2D eigenvalue weighted by Gasteiger charge is 2.17. The molecule has 0 aliphatic rings. The summed E-state index contributed by atoms with van der Waals surface area (Å²) in [6.45, 7) is 0. The lowest BCUT2D eigenvalue weighted by molar-refractivity contribution is 0.669. The Morgan fingerprint density at radius 1 is 0.438 bits per heavy atom. The Labute approximate surface area is 284 Å². The van der Waals surface area contributed by atoms with Crippen molar-refractivity contribution in [1.29, 1.82) is 0 Å². The van der Waals surface area contributed by atoms with E-state index in [2.05, 4.69) is 150 Å². The van der Waals surface area contributed by atoms with E-state index in [0.717, 1.165) is 49.5 Å². The SMILES string of the molecule is c1ccc(-c2nc3c(ccc4sc5cc(-c6ccc(N(c7ccccc7)c7ccc8oc9ccccc9c8c7)cc6)ccc5c43)s2)cc1. The number of thiazole rings is 1. The van der Waals surface area contributed by atoms with E-state index >= 15 is 0 Å². The molecule has 0 radical (unpaired) electrons. The molecule has 5 heteroatoms. The summed E-state index contributed by atoms with van der Waals surface area (Å²) in [6.07, 6.45) is 0. The van der Waals surface area contributed by atoms with Crippen LogP contribution in [0.4, 0.5) is 17.1 Å². The Morgan fingerprint density at radius 3 is 1.98 bits per heavy atom. The van der Waals surface area contributed by atoms with Crippen molar-refractivity contribution in [3.8, 4) is 21.7 Å². The van der Waals surface area contributed by atoms with E-state index in [0.29, 0.717) is 0 Å². The van der Waals surface area contributed by atoms with Gasteiger partial charge in [-0.2, -0.15) is 0 Å². The summed E-state index contributed by atoms with van der Waals surface area (Å²) in [6, 6.07) is 56.0. The van der Waals surface area contributed by atoms with E-state index in [1.54, 1.807) is 11.3 Å². The lowest BCUT2D eigenvalue weighted by atomic mass is 10.0. The highest BCUT2D eigenvalue weighted by atomic mass is 32.1. The number of anilines is 3. The smallest absolute Gasteiger partial charge is 0.135 e. The fraction of sp³-hybridized carbons (Fsp3) is 0. The topological polar surface area (TPSA) is 29.3 Å². The van der Waals surface area contributed by atoms with Crippen LogP contribution in [0.1, 0.15) is 0 Å². The first kappa shape index (κ1) is 27.4. The van der Waals surface area contributed by atoms with Gasteiger partial charge in [-0.3, -0.25) is 0 Å². The minimum Gasteiger partial charge on any atom is -0.456 e. The van der Waals surface area contributed by atoms with Gasteiger partial charge in [0.2, 0.25) is 0 Å². The molecule has 10 aromatic rings. The van der Waals surface area contributed by atoms with Crippen molar-refractivity contribution in [1.82, 2.24) is 4.98 Å². The third-order valence-corrected chi connectivity index (χ3v) is 11.3. The first-order valence-corrected chi connectivity index (χ1v) is 17.6. The van der Waals surface area contributed by atoms with Crippen LogP contribution in [0.5, 0.6) is 0 Å². The summed E-state index contributed by atoms with van der Waals surface area (Å²) in [5, 5.41) is 5.83. The van der Waals surface area contributed by atoms with Crippen LogP contribution >= 0.6 is 22.7 Å². The minimum atomic E-state index is 0.895. The second-order valence-corrected chi connectivity index (χ2v) is 14.1. The zero-order valence-corrected chi connectivity index (χ0v) is 27.3. The van der Waals surface area contributed by atoms with Crippen molar-refractivity contribution >= 4 is 92.1 Å². The fourth-order valence-corrected chi connectivity index (χ4v) is 8.94. The predicted octanol–water partition coefficient (Wildman–Crippen LogP) is 13.4. The van der Waals surface area contributed by atoms with E-state index in [1.807, 2.05) is 23.5 Å². The zero-order chi connectivity index (χ0) is 31.6. The fourth-order valence-electron chi connectivity index (χ4n) is 6.82. The third-order valence-electron chi connectivity index (χ3n) is 9.11. The van der Waals surface area contributed by atoms with Gasteiger partial charge in [-0.15, -0.1) is 22.7 Å². The Morgan fingerprint density at radius 2 is 1.12 bits per heavy atom. The van der Waals surface area contributed by atoms with Crippen LogP contribution < -0.4 is 4.90 Å². The quantitative estimate of drug-likeness (QED) is 0.186. The monoisotopic (exact) mass is 650 g/mol. The molecule has 0 spiro atoms. The van der Waals surface area contributed by atoms with Crippen molar-refractivity contribution in [2.24, 2.45) is 0 Å². The molecular weight excluding hydrogens is 625 g/mol. The van der Waals surface area contributed by atoms with E-state index < -0.39 is 0 Å². The third kappa shape index (κ3) is 4.43. The van der Waals surface area contributed by atoms with Crippen LogP contribution in [0.2, 0.25) is 0 Å². The number of hydrogen-bond donors (Lipinski definition) is 0. The largest absolute Gasteiger partial charge is 0.456 e. The summed E-state index contributed by atoms with van der Waals surface area (Å²) in [7, 11) is 0. The van der Waals surface area contributed by atoms with Gasteiger partial charge in [0.25, 0.3) is 0 Å². The number of fused-ring (bicyclic) bond motifs is 8. The number of thiophene rings is 1. The average molecular weight is 651 g/mol. The molecule has 3 aromatic heterocycles. The van der Waals surface area contributed by atoms with E-state index in [-0.39, 0.29) is 0 Å². The average Bonchev–Trinajstić information content (AvgIpc) is 3.86. The highest BCUT2D eigenvalue weighted by molar-refractivity contribution is 7.26. The Bertz CT molecular complexity index is 2780. The van der Waals surface area contributed by atoms with E-state index in [4.69, 9.17) is 9.40 Å². The normalized spacial score (nSPS) is 11.8. The van der Waals surface area contributed by atoms with Crippen LogP contribution in [0.25, 0.3) is 74.0 Å². The maximum Gasteiger partial charge on any atom is 0.135 e. The van der Waals surface area contributed by atoms with Crippen LogP contribution in [0.3, 0.4) is 0 Å². The second-order valence-electron chi connectivity index (χ2n) is 12.0. The van der Waals surface area contributed by atoms with Crippen LogP contribution in [0.15, 0.2) is 162 Å². The van der Waals surface area contributed by atoms with Gasteiger partial charge in [-0.05, 0) is 77.9 Å². The molecule has 0 aliphatic heterocycles. The lowest BCUT2D eigenvalue weighted by Gasteiger charge is -2.25. The van der Waals surface area contributed by atoms with Crippen LogP contribution in [-0.4, -0.2) is 4.98 Å². The molecule has 48 heavy (non-hydrogen) atoms. The van der Waals surface area contributed by atoms with E-state index in [9.17, 15) is 0 Å². The minimum absolute atomic E-state index is 0.895. The van der Waals surface area contributed by atoms with Gasteiger partial charge >= 0.3 is 0 Å². The molecule has 3 heterocycles. The van der Waals surface area contributed by atoms with Gasteiger partial charge in [-0.1, -0.05) is 91.0 Å². The maximum atomic E-state index is 6.13. The highest BCUT2D eigenvalue weighted by Crippen LogP contribution is 2.43. The summed E-state index contributed by atoms with van der Waals surface area (Å²) in [5.74, 6) is 0. The Hall–Kier alpha value is -5.75. The number of benzene rings is 7. The number of para-hydroxylation sites is 2. The van der Waals surface area contributed by atoms with Crippen molar-refractivity contribution in [3.63, 3.8) is 0 Å². The van der Waals surface area contributed by atoms with Gasteiger partial charge < -0.3 is 9.32 Å². The van der Waals surface area contributed by atoms with Gasteiger partial charge in [0, 0.05) is 53.6 Å². The molecule has 0 saturated carbocycles. The molecule has 0 N–H and O–H groups in total. The van der Waals surface area contributed by atoms with Gasteiger partial charge in [0.1, 0.15) is 16.2 Å². The second kappa shape index (κ2) is 10.9. The number of rotatable bonds is 5. The standard InChI is InChI=1S/C43H26N2OS2/c1-3-9-28(10-4-1)43-44-42-39(48-43)24-23-38-41(42)34-21-17-29(25-40(34)47-38)27-15-18-31(19-16-27)45(30-11-5-2-6-12-30)32-20-22-37-35(26-32)33-13-7-8-14-36(33)46-37/h1-26H. The van der Waals surface area contributed by atoms with Gasteiger partial charge in [-0.25, -0.2) is 4.98 Å². The molecule has 7 aromatic carbocycles. The molecular formula is C43H26N2OS2. The van der Waals surface area contributed by atoms with Gasteiger partial charge in [0.05, 0.1) is 10.2 Å². The molecule has 0 unspecified atom stereocenters. The first-order chi connectivity index (χ1) is 23.8. The molecule has 0 atom stereocenters. The summed E-state index contributed by atoms with van der Waals surface area (Å²) >= 11 is 3.61. The predicted molar refractivity (Wildman–Crippen MR) is 205 cm³/mol. The lowest BCUT2D eigenvalue weighted by Crippen LogP contribution is -2.09. The van der Waals surface area contributed by atoms with Crippen molar-refractivity contribution < 1.29 is 4.42 Å². The van der Waals surface area contributed by atoms with Gasteiger partial charge in [0.15, 0.2) is 0 Å². The molecule has 10 rings (SSSR count). The van der Waals surface area contributed by atoms with E-state index in [1.165, 1.54) is 41.6 Å². The Kier molecular flexibility index (Phi) is 6.22. The number of aromatic nitrogens is 1. The summed E-state index contributed by atoms with van der Waals surface area (Å²) < 4.78 is 9.91. The van der Waals surface area contributed by atoms with Crippen molar-refractivity contribution in [3.05, 3.63) is 158 Å².